The van der Waals surface area contributed by atoms with Crippen LogP contribution in [0.2, 0.25) is 0 Å². The Labute approximate surface area is 220 Å². The largest absolute Gasteiger partial charge is 0.472 e. The van der Waals surface area contributed by atoms with E-state index in [1.54, 1.807) is 25.1 Å². The molecule has 8 nitrogen and oxygen atoms in total. The van der Waals surface area contributed by atoms with Gasteiger partial charge in [0.05, 0.1) is 24.1 Å². The molecule has 202 valence electrons. The summed E-state index contributed by atoms with van der Waals surface area (Å²) >= 11 is 0. The quantitative estimate of drug-likeness (QED) is 0.487. The summed E-state index contributed by atoms with van der Waals surface area (Å²) in [6.07, 6.45) is 0.716. The minimum Gasteiger partial charge on any atom is -0.472 e. The van der Waals surface area contributed by atoms with E-state index >= 15 is 0 Å². The van der Waals surface area contributed by atoms with Gasteiger partial charge in [0.25, 0.3) is 5.91 Å². The monoisotopic (exact) mass is 545 g/mol. The van der Waals surface area contributed by atoms with E-state index in [1.807, 2.05) is 6.92 Å². The average Bonchev–Trinajstić information content (AvgIpc) is 2.89. The first kappa shape index (κ1) is 27.6. The van der Waals surface area contributed by atoms with Crippen molar-refractivity contribution in [3.63, 3.8) is 0 Å². The van der Waals surface area contributed by atoms with E-state index < -0.39 is 39.7 Å². The third-order valence-electron chi connectivity index (χ3n) is 6.62. The number of fused-ring (bicyclic) bond motifs is 1. The Balaban J connectivity index is 1.72. The van der Waals surface area contributed by atoms with E-state index in [0.29, 0.717) is 11.1 Å². The number of carbonyl (C=O) groups excluding carboxylic acids is 1. The van der Waals surface area contributed by atoms with Gasteiger partial charge in [-0.05, 0) is 48.9 Å². The molecule has 0 spiro atoms. The van der Waals surface area contributed by atoms with Crippen LogP contribution in [0.4, 0.5) is 8.78 Å². The molecule has 1 aromatic heterocycles. The number of nitrogens with zero attached hydrogens (tertiary/aromatic N) is 3. The average molecular weight is 546 g/mol. The minimum atomic E-state index is -4.04. The third kappa shape index (κ3) is 5.69. The van der Waals surface area contributed by atoms with Gasteiger partial charge in [-0.2, -0.15) is 4.31 Å². The molecule has 0 saturated carbocycles. The standard InChI is InChI=1S/C27H29F2N3O5S/c1-17-14-32(18(2)16-33)27(34)24-11-20(19-6-4-7-21(28)10-19)13-30-26(24)37-25(17)15-31(3)38(35,36)23-9-5-8-22(29)12-23/h4-13,17-18,25,33H,14-16H2,1-3H3/t17-,18-,25+/m0/s1. The number of halogens is 2. The number of sulfonamides is 1. The van der Waals surface area contributed by atoms with Crippen molar-refractivity contribution >= 4 is 15.9 Å². The number of ether oxygens (including phenoxy) is 1. The summed E-state index contributed by atoms with van der Waals surface area (Å²) in [6.45, 7) is 3.28. The fraction of sp³-hybridized carbons (Fsp3) is 0.333. The molecule has 2 heterocycles. The van der Waals surface area contributed by atoms with Crippen molar-refractivity contribution in [1.29, 1.82) is 0 Å². The molecule has 38 heavy (non-hydrogen) atoms. The summed E-state index contributed by atoms with van der Waals surface area (Å²) in [4.78, 5) is 19.2. The lowest BCUT2D eigenvalue weighted by molar-refractivity contribution is 0.0373. The predicted molar refractivity (Wildman–Crippen MR) is 137 cm³/mol. The van der Waals surface area contributed by atoms with E-state index in [2.05, 4.69) is 4.98 Å². The summed E-state index contributed by atoms with van der Waals surface area (Å²) < 4.78 is 61.0. The van der Waals surface area contributed by atoms with E-state index in [9.17, 15) is 27.1 Å². The van der Waals surface area contributed by atoms with Crippen LogP contribution in [0, 0.1) is 17.6 Å². The SMILES string of the molecule is C[C@H]1CN([C@@H](C)CO)C(=O)c2cc(-c3cccc(F)c3)cnc2O[C@@H]1CN(C)S(=O)(=O)c1cccc(F)c1. The maximum Gasteiger partial charge on any atom is 0.259 e. The molecule has 3 aromatic rings. The van der Waals surface area contributed by atoms with E-state index in [0.717, 1.165) is 16.4 Å². The van der Waals surface area contributed by atoms with Crippen molar-refractivity contribution in [2.24, 2.45) is 5.92 Å². The molecule has 0 bridgehead atoms. The summed E-state index contributed by atoms with van der Waals surface area (Å²) in [5, 5.41) is 9.83. The number of carbonyl (C=O) groups is 1. The van der Waals surface area contributed by atoms with Crippen molar-refractivity contribution < 1.29 is 31.8 Å². The topological polar surface area (TPSA) is 100 Å². The molecule has 1 N–H and O–H groups in total. The Morgan fingerprint density at radius 3 is 2.47 bits per heavy atom. The normalized spacial score (nSPS) is 18.9. The zero-order valence-electron chi connectivity index (χ0n) is 21.2. The number of rotatable bonds is 7. The van der Waals surface area contributed by atoms with Gasteiger partial charge in [0.1, 0.15) is 23.3 Å². The van der Waals surface area contributed by atoms with Crippen LogP contribution in [0.1, 0.15) is 24.2 Å². The Morgan fingerprint density at radius 2 is 1.82 bits per heavy atom. The van der Waals surface area contributed by atoms with Crippen molar-refractivity contribution in [2.75, 3.05) is 26.7 Å². The molecule has 0 unspecified atom stereocenters. The van der Waals surface area contributed by atoms with Crippen LogP contribution < -0.4 is 4.74 Å². The molecule has 0 aliphatic carbocycles. The predicted octanol–water partition coefficient (Wildman–Crippen LogP) is 3.57. The molecule has 4 rings (SSSR count). The lowest BCUT2D eigenvalue weighted by Gasteiger charge is -2.37. The van der Waals surface area contributed by atoms with Gasteiger partial charge in [0.2, 0.25) is 15.9 Å². The zero-order valence-corrected chi connectivity index (χ0v) is 22.0. The second-order valence-electron chi connectivity index (χ2n) is 9.45. The van der Waals surface area contributed by atoms with Gasteiger partial charge in [-0.3, -0.25) is 4.79 Å². The molecule has 1 aliphatic rings. The number of aromatic nitrogens is 1. The first-order chi connectivity index (χ1) is 18.0. The summed E-state index contributed by atoms with van der Waals surface area (Å²) in [6, 6.07) is 11.6. The summed E-state index contributed by atoms with van der Waals surface area (Å²) in [7, 11) is -2.67. The van der Waals surface area contributed by atoms with Crippen LogP contribution in [0.25, 0.3) is 11.1 Å². The van der Waals surface area contributed by atoms with Crippen LogP contribution in [-0.4, -0.2) is 72.5 Å². The third-order valence-corrected chi connectivity index (χ3v) is 8.44. The molecule has 0 saturated heterocycles. The Morgan fingerprint density at radius 1 is 1.13 bits per heavy atom. The van der Waals surface area contributed by atoms with Crippen LogP contribution in [0.5, 0.6) is 5.88 Å². The number of benzene rings is 2. The second-order valence-corrected chi connectivity index (χ2v) is 11.5. The van der Waals surface area contributed by atoms with Gasteiger partial charge in [0.15, 0.2) is 0 Å². The van der Waals surface area contributed by atoms with Gasteiger partial charge in [-0.25, -0.2) is 22.2 Å². The first-order valence-electron chi connectivity index (χ1n) is 12.1. The van der Waals surface area contributed by atoms with E-state index in [1.165, 1.54) is 42.4 Å². The van der Waals surface area contributed by atoms with E-state index in [-0.39, 0.29) is 42.0 Å². The molecular weight excluding hydrogens is 516 g/mol. The maximum absolute atomic E-state index is 13.8. The van der Waals surface area contributed by atoms with Crippen LogP contribution in [0.3, 0.4) is 0 Å². The Hall–Kier alpha value is -3.41. The highest BCUT2D eigenvalue weighted by molar-refractivity contribution is 7.89. The van der Waals surface area contributed by atoms with Gasteiger partial charge < -0.3 is 14.7 Å². The lowest BCUT2D eigenvalue weighted by atomic mass is 9.99. The smallest absolute Gasteiger partial charge is 0.259 e. The van der Waals surface area contributed by atoms with E-state index in [4.69, 9.17) is 4.74 Å². The summed E-state index contributed by atoms with van der Waals surface area (Å²) in [5.41, 5.74) is 1.12. The second kappa shape index (κ2) is 11.1. The summed E-state index contributed by atoms with van der Waals surface area (Å²) in [5.74, 6) is -1.90. The minimum absolute atomic E-state index is 0.00148. The molecule has 0 fully saturated rings. The Kier molecular flexibility index (Phi) is 8.10. The molecule has 2 aromatic carbocycles. The Bertz CT molecular complexity index is 1440. The first-order valence-corrected chi connectivity index (χ1v) is 13.5. The van der Waals surface area contributed by atoms with Crippen molar-refractivity contribution in [3.8, 4) is 17.0 Å². The maximum atomic E-state index is 13.8. The number of pyridine rings is 1. The van der Waals surface area contributed by atoms with Crippen LogP contribution in [0.15, 0.2) is 65.7 Å². The number of likely N-dealkylation sites (N-methyl/N-ethyl adjacent to an activating group) is 1. The fourth-order valence-corrected chi connectivity index (χ4v) is 5.52. The fourth-order valence-electron chi connectivity index (χ4n) is 4.31. The van der Waals surface area contributed by atoms with Crippen molar-refractivity contribution in [2.45, 2.75) is 30.9 Å². The van der Waals surface area contributed by atoms with Gasteiger partial charge in [-0.1, -0.05) is 25.1 Å². The highest BCUT2D eigenvalue weighted by Gasteiger charge is 2.36. The molecule has 1 aliphatic heterocycles. The van der Waals surface area contributed by atoms with Gasteiger partial charge in [-0.15, -0.1) is 0 Å². The van der Waals surface area contributed by atoms with Crippen molar-refractivity contribution in [1.82, 2.24) is 14.2 Å². The van der Waals surface area contributed by atoms with Crippen molar-refractivity contribution in [3.05, 3.63) is 78.0 Å². The number of aliphatic hydroxyl groups is 1. The molecule has 1 amide bonds. The molecular formula is C27H29F2N3O5S. The van der Waals surface area contributed by atoms with Crippen LogP contribution >= 0.6 is 0 Å². The molecule has 3 atom stereocenters. The number of amides is 1. The molecule has 11 heteroatoms. The number of hydrogen-bond acceptors (Lipinski definition) is 6. The zero-order chi connectivity index (χ0) is 27.6. The van der Waals surface area contributed by atoms with Crippen LogP contribution in [-0.2, 0) is 10.0 Å². The number of aliphatic hydroxyl groups excluding tert-OH is 1. The highest BCUT2D eigenvalue weighted by atomic mass is 32.2. The highest BCUT2D eigenvalue weighted by Crippen LogP contribution is 2.31. The lowest BCUT2D eigenvalue weighted by Crippen LogP contribution is -2.50. The van der Waals surface area contributed by atoms with Gasteiger partial charge in [0, 0.05) is 31.3 Å². The number of hydrogen-bond donors (Lipinski definition) is 1. The van der Waals surface area contributed by atoms with Gasteiger partial charge >= 0.3 is 0 Å². The molecule has 0 radical (unpaired) electrons.